The minimum absolute atomic E-state index is 0.138. The molecule has 0 saturated carbocycles. The zero-order valence-corrected chi connectivity index (χ0v) is 5.63. The highest BCUT2D eigenvalue weighted by Crippen LogP contribution is 2.10. The predicted molar refractivity (Wildman–Crippen MR) is 34.0 cm³/mol. The molecule has 0 radical (unpaired) electrons. The Bertz CT molecular complexity index is 87.1. The van der Waals surface area contributed by atoms with E-state index in [0.29, 0.717) is 6.61 Å². The van der Waals surface area contributed by atoms with Crippen molar-refractivity contribution in [2.75, 3.05) is 13.7 Å². The van der Waals surface area contributed by atoms with Crippen molar-refractivity contribution in [1.29, 1.82) is 0 Å². The van der Waals surface area contributed by atoms with Crippen LogP contribution in [0.1, 0.15) is 12.8 Å². The van der Waals surface area contributed by atoms with Crippen LogP contribution in [-0.4, -0.2) is 31.1 Å². The summed E-state index contributed by atoms with van der Waals surface area (Å²) in [4.78, 5) is 0. The van der Waals surface area contributed by atoms with E-state index in [4.69, 9.17) is 9.84 Å². The summed E-state index contributed by atoms with van der Waals surface area (Å²) in [6.45, 7) is 0.694. The third-order valence-electron chi connectivity index (χ3n) is 1.66. The fourth-order valence-corrected chi connectivity index (χ4v) is 1.05. The van der Waals surface area contributed by atoms with E-state index in [1.807, 2.05) is 7.05 Å². The molecular weight excluding hydrogens is 118 g/mol. The Morgan fingerprint density at radius 2 is 2.44 bits per heavy atom. The molecule has 2 atom stereocenters. The second-order valence-corrected chi connectivity index (χ2v) is 2.30. The Hall–Kier alpha value is -0.120. The summed E-state index contributed by atoms with van der Waals surface area (Å²) in [7, 11) is 1.84. The molecule has 0 aromatic heterocycles. The third kappa shape index (κ3) is 1.64. The van der Waals surface area contributed by atoms with Crippen molar-refractivity contribution in [2.45, 2.75) is 25.2 Å². The van der Waals surface area contributed by atoms with Gasteiger partial charge in [-0.15, -0.1) is 0 Å². The summed E-state index contributed by atoms with van der Waals surface area (Å²) in [5, 5.41) is 12.1. The molecule has 1 rings (SSSR count). The lowest BCUT2D eigenvalue weighted by atomic mass is 10.1. The van der Waals surface area contributed by atoms with E-state index in [9.17, 15) is 0 Å². The molecule has 0 spiro atoms. The molecule has 1 aliphatic rings. The zero-order chi connectivity index (χ0) is 6.69. The fraction of sp³-hybridized carbons (Fsp3) is 1.00. The van der Waals surface area contributed by atoms with Crippen LogP contribution in [0.15, 0.2) is 0 Å². The summed E-state index contributed by atoms with van der Waals surface area (Å²) >= 11 is 0. The molecule has 3 heteroatoms. The van der Waals surface area contributed by atoms with Crippen LogP contribution in [0.4, 0.5) is 0 Å². The van der Waals surface area contributed by atoms with Gasteiger partial charge in [0.15, 0.2) is 6.29 Å². The van der Waals surface area contributed by atoms with Gasteiger partial charge < -0.3 is 15.2 Å². The standard InChI is InChI=1S/C6H13NO2/c1-7-5-3-2-4-9-6(5)8/h5-8H,2-4H2,1H3. The van der Waals surface area contributed by atoms with Gasteiger partial charge in [-0.25, -0.2) is 0 Å². The van der Waals surface area contributed by atoms with Crippen LogP contribution >= 0.6 is 0 Å². The number of hydrogen-bond acceptors (Lipinski definition) is 3. The second kappa shape index (κ2) is 3.15. The Labute approximate surface area is 55.0 Å². The van der Waals surface area contributed by atoms with Crippen molar-refractivity contribution < 1.29 is 9.84 Å². The van der Waals surface area contributed by atoms with E-state index < -0.39 is 6.29 Å². The van der Waals surface area contributed by atoms with Gasteiger partial charge in [-0.3, -0.25) is 0 Å². The number of rotatable bonds is 1. The molecule has 9 heavy (non-hydrogen) atoms. The minimum atomic E-state index is -0.594. The highest BCUT2D eigenvalue weighted by atomic mass is 16.6. The number of aliphatic hydroxyl groups is 1. The predicted octanol–water partition coefficient (Wildman–Crippen LogP) is -0.297. The molecule has 1 fully saturated rings. The number of likely N-dealkylation sites (N-methyl/N-ethyl adjacent to an activating group) is 1. The number of nitrogens with one attached hydrogen (secondary N) is 1. The number of hydrogen-bond donors (Lipinski definition) is 2. The lowest BCUT2D eigenvalue weighted by molar-refractivity contribution is -0.140. The van der Waals surface area contributed by atoms with Gasteiger partial charge in [-0.2, -0.15) is 0 Å². The summed E-state index contributed by atoms with van der Waals surface area (Å²) in [5.41, 5.74) is 0. The first kappa shape index (κ1) is 6.99. The van der Waals surface area contributed by atoms with Gasteiger partial charge in [0, 0.05) is 6.61 Å². The van der Waals surface area contributed by atoms with Crippen molar-refractivity contribution in [3.05, 3.63) is 0 Å². The van der Waals surface area contributed by atoms with Crippen molar-refractivity contribution in [3.8, 4) is 0 Å². The van der Waals surface area contributed by atoms with Crippen LogP contribution in [0.25, 0.3) is 0 Å². The summed E-state index contributed by atoms with van der Waals surface area (Å²) in [5.74, 6) is 0. The van der Waals surface area contributed by atoms with Crippen LogP contribution in [0, 0.1) is 0 Å². The van der Waals surface area contributed by atoms with Crippen LogP contribution in [-0.2, 0) is 4.74 Å². The largest absolute Gasteiger partial charge is 0.367 e. The molecule has 0 aromatic rings. The van der Waals surface area contributed by atoms with E-state index in [1.54, 1.807) is 0 Å². The van der Waals surface area contributed by atoms with Gasteiger partial charge >= 0.3 is 0 Å². The third-order valence-corrected chi connectivity index (χ3v) is 1.66. The molecule has 0 aliphatic carbocycles. The molecular formula is C6H13NO2. The van der Waals surface area contributed by atoms with Gasteiger partial charge in [0.1, 0.15) is 0 Å². The molecule has 0 aromatic carbocycles. The molecule has 2 N–H and O–H groups in total. The van der Waals surface area contributed by atoms with Crippen molar-refractivity contribution in [1.82, 2.24) is 5.32 Å². The first-order valence-corrected chi connectivity index (χ1v) is 3.31. The Balaban J connectivity index is 2.30. The molecule has 0 amide bonds. The first-order valence-electron chi connectivity index (χ1n) is 3.31. The maximum Gasteiger partial charge on any atom is 0.169 e. The molecule has 1 heterocycles. The highest BCUT2D eigenvalue weighted by Gasteiger charge is 2.21. The van der Waals surface area contributed by atoms with E-state index in [1.165, 1.54) is 0 Å². The minimum Gasteiger partial charge on any atom is -0.367 e. The fourth-order valence-electron chi connectivity index (χ4n) is 1.05. The Kier molecular flexibility index (Phi) is 2.45. The van der Waals surface area contributed by atoms with Crippen LogP contribution in [0.5, 0.6) is 0 Å². The quantitative estimate of drug-likeness (QED) is 0.513. The van der Waals surface area contributed by atoms with Crippen molar-refractivity contribution >= 4 is 0 Å². The van der Waals surface area contributed by atoms with E-state index in [-0.39, 0.29) is 6.04 Å². The van der Waals surface area contributed by atoms with Crippen LogP contribution in [0.2, 0.25) is 0 Å². The van der Waals surface area contributed by atoms with Gasteiger partial charge in [0.05, 0.1) is 6.04 Å². The lowest BCUT2D eigenvalue weighted by Gasteiger charge is -2.26. The monoisotopic (exact) mass is 131 g/mol. The first-order chi connectivity index (χ1) is 4.34. The SMILES string of the molecule is CNC1CCCOC1O. The number of ether oxygens (including phenoxy) is 1. The topological polar surface area (TPSA) is 41.5 Å². The van der Waals surface area contributed by atoms with Gasteiger partial charge in [0.25, 0.3) is 0 Å². The molecule has 3 nitrogen and oxygen atoms in total. The lowest BCUT2D eigenvalue weighted by Crippen LogP contribution is -2.42. The molecule has 54 valence electrons. The summed E-state index contributed by atoms with van der Waals surface area (Å²) < 4.78 is 4.97. The van der Waals surface area contributed by atoms with Crippen LogP contribution < -0.4 is 5.32 Å². The Morgan fingerprint density at radius 3 is 2.89 bits per heavy atom. The van der Waals surface area contributed by atoms with E-state index in [2.05, 4.69) is 5.32 Å². The van der Waals surface area contributed by atoms with Crippen molar-refractivity contribution in [3.63, 3.8) is 0 Å². The van der Waals surface area contributed by atoms with Gasteiger partial charge in [-0.1, -0.05) is 0 Å². The average molecular weight is 131 g/mol. The van der Waals surface area contributed by atoms with Crippen molar-refractivity contribution in [2.24, 2.45) is 0 Å². The smallest absolute Gasteiger partial charge is 0.169 e. The van der Waals surface area contributed by atoms with Gasteiger partial charge in [-0.05, 0) is 19.9 Å². The van der Waals surface area contributed by atoms with E-state index >= 15 is 0 Å². The molecule has 2 unspecified atom stereocenters. The Morgan fingerprint density at radius 1 is 1.67 bits per heavy atom. The van der Waals surface area contributed by atoms with Crippen LogP contribution in [0.3, 0.4) is 0 Å². The second-order valence-electron chi connectivity index (χ2n) is 2.30. The normalized spacial score (nSPS) is 36.7. The van der Waals surface area contributed by atoms with Gasteiger partial charge in [0.2, 0.25) is 0 Å². The summed E-state index contributed by atoms with van der Waals surface area (Å²) in [6.07, 6.45) is 1.46. The average Bonchev–Trinajstić information content (AvgIpc) is 1.89. The zero-order valence-electron chi connectivity index (χ0n) is 5.63. The molecule has 1 saturated heterocycles. The molecule has 0 bridgehead atoms. The van der Waals surface area contributed by atoms with E-state index in [0.717, 1.165) is 12.8 Å². The highest BCUT2D eigenvalue weighted by molar-refractivity contribution is 4.70. The maximum atomic E-state index is 9.08. The maximum absolute atomic E-state index is 9.08. The number of aliphatic hydroxyl groups excluding tert-OH is 1. The summed E-state index contributed by atoms with van der Waals surface area (Å²) in [6, 6.07) is 0.138. The molecule has 1 aliphatic heterocycles.